The Morgan fingerprint density at radius 3 is 2.38 bits per heavy atom. The fraction of sp³-hybridized carbons (Fsp3) is 1.00. The van der Waals surface area contributed by atoms with Crippen LogP contribution in [-0.2, 0) is 4.74 Å². The van der Waals surface area contributed by atoms with Crippen molar-refractivity contribution in [2.24, 2.45) is 5.92 Å². The molecule has 1 atom stereocenters. The van der Waals surface area contributed by atoms with E-state index < -0.39 is 0 Å². The van der Waals surface area contributed by atoms with Gasteiger partial charge in [0.05, 0.1) is 10.2 Å². The Labute approximate surface area is 114 Å². The zero-order chi connectivity index (χ0) is 12.0. The molecular formula is C13H26INO. The van der Waals surface area contributed by atoms with Crippen molar-refractivity contribution in [1.82, 2.24) is 4.90 Å². The number of hydrogen-bond donors (Lipinski definition) is 0. The van der Waals surface area contributed by atoms with Crippen LogP contribution >= 0.6 is 22.6 Å². The van der Waals surface area contributed by atoms with Gasteiger partial charge >= 0.3 is 0 Å². The second-order valence-corrected chi connectivity index (χ2v) is 7.02. The van der Waals surface area contributed by atoms with Gasteiger partial charge in [-0.05, 0) is 38.5 Å². The van der Waals surface area contributed by atoms with E-state index in [0.717, 1.165) is 12.5 Å². The number of rotatable bonds is 6. The second kappa shape index (κ2) is 7.88. The predicted molar refractivity (Wildman–Crippen MR) is 78.1 cm³/mol. The molecule has 3 heteroatoms. The highest BCUT2D eigenvalue weighted by Gasteiger charge is 2.21. The van der Waals surface area contributed by atoms with Crippen LogP contribution in [0.3, 0.4) is 0 Å². The van der Waals surface area contributed by atoms with Crippen LogP contribution in [0.5, 0.6) is 0 Å². The topological polar surface area (TPSA) is 12.5 Å². The summed E-state index contributed by atoms with van der Waals surface area (Å²) in [6.45, 7) is 10.2. The molecule has 1 fully saturated rings. The Morgan fingerprint density at radius 1 is 1.25 bits per heavy atom. The van der Waals surface area contributed by atoms with Crippen molar-refractivity contribution in [3.8, 4) is 0 Å². The summed E-state index contributed by atoms with van der Waals surface area (Å²) in [6, 6.07) is 0. The lowest BCUT2D eigenvalue weighted by Gasteiger charge is -2.33. The van der Waals surface area contributed by atoms with Gasteiger partial charge < -0.3 is 4.74 Å². The molecule has 0 aromatic heterocycles. The molecule has 0 N–H and O–H groups in total. The summed E-state index contributed by atoms with van der Waals surface area (Å²) >= 11 is 2.50. The number of nitrogens with zero attached hydrogens (tertiary/aromatic N) is 1. The largest absolute Gasteiger partial charge is 0.378 e. The molecule has 1 unspecified atom stereocenters. The van der Waals surface area contributed by atoms with Crippen LogP contribution in [0.2, 0.25) is 0 Å². The zero-order valence-electron chi connectivity index (χ0n) is 10.9. The van der Waals surface area contributed by atoms with Crippen LogP contribution in [0.15, 0.2) is 0 Å². The molecule has 0 aromatic rings. The Bertz CT molecular complexity index is 177. The van der Waals surface area contributed by atoms with Gasteiger partial charge in [0, 0.05) is 19.7 Å². The number of hydrogen-bond acceptors (Lipinski definition) is 2. The summed E-state index contributed by atoms with van der Waals surface area (Å²) in [5.74, 6) is 0.810. The highest BCUT2D eigenvalue weighted by molar-refractivity contribution is 14.1. The number of ether oxygens (including phenoxy) is 1. The number of alkyl halides is 1. The molecule has 0 saturated carbocycles. The van der Waals surface area contributed by atoms with Gasteiger partial charge in [-0.2, -0.15) is 0 Å². The van der Waals surface area contributed by atoms with E-state index in [4.69, 9.17) is 4.74 Å². The maximum absolute atomic E-state index is 5.93. The van der Waals surface area contributed by atoms with Crippen molar-refractivity contribution in [3.63, 3.8) is 0 Å². The molecular weight excluding hydrogens is 313 g/mol. The van der Waals surface area contributed by atoms with Crippen molar-refractivity contribution in [3.05, 3.63) is 0 Å². The molecule has 96 valence electrons. The maximum Gasteiger partial charge on any atom is 0.0599 e. The van der Waals surface area contributed by atoms with E-state index in [1.54, 1.807) is 0 Å². The Morgan fingerprint density at radius 2 is 1.88 bits per heavy atom. The summed E-state index contributed by atoms with van der Waals surface area (Å²) in [4.78, 5) is 2.54. The molecule has 0 amide bonds. The van der Waals surface area contributed by atoms with Gasteiger partial charge in [0.25, 0.3) is 0 Å². The van der Waals surface area contributed by atoms with E-state index in [0.29, 0.717) is 10.2 Å². The van der Waals surface area contributed by atoms with Crippen LogP contribution in [0.4, 0.5) is 0 Å². The number of likely N-dealkylation sites (tertiary alicyclic amines) is 1. The molecule has 1 saturated heterocycles. The van der Waals surface area contributed by atoms with Gasteiger partial charge in [0.2, 0.25) is 0 Å². The van der Waals surface area contributed by atoms with Gasteiger partial charge in [0.15, 0.2) is 0 Å². The SMILES string of the molecule is CC(C)CCCOC1CCN(C(C)I)CC1. The first-order chi connectivity index (χ1) is 7.59. The van der Waals surface area contributed by atoms with Gasteiger partial charge in [-0.15, -0.1) is 0 Å². The highest BCUT2D eigenvalue weighted by atomic mass is 127. The minimum Gasteiger partial charge on any atom is -0.378 e. The minimum atomic E-state index is 0.526. The summed E-state index contributed by atoms with van der Waals surface area (Å²) in [5, 5.41) is 0. The lowest BCUT2D eigenvalue weighted by molar-refractivity contribution is 0.00504. The predicted octanol–water partition coefficient (Wildman–Crippen LogP) is 3.68. The van der Waals surface area contributed by atoms with E-state index in [9.17, 15) is 0 Å². The first-order valence-corrected chi connectivity index (χ1v) is 7.84. The average molecular weight is 339 g/mol. The Balaban J connectivity index is 2.04. The highest BCUT2D eigenvalue weighted by Crippen LogP contribution is 2.18. The van der Waals surface area contributed by atoms with Crippen molar-refractivity contribution < 1.29 is 4.74 Å². The monoisotopic (exact) mass is 339 g/mol. The molecule has 16 heavy (non-hydrogen) atoms. The van der Waals surface area contributed by atoms with Gasteiger partial charge in [-0.25, -0.2) is 0 Å². The van der Waals surface area contributed by atoms with Gasteiger partial charge in [-0.3, -0.25) is 4.90 Å². The third-order valence-electron chi connectivity index (χ3n) is 3.26. The van der Waals surface area contributed by atoms with Crippen molar-refractivity contribution in [2.75, 3.05) is 19.7 Å². The zero-order valence-corrected chi connectivity index (χ0v) is 13.1. The molecule has 2 nitrogen and oxygen atoms in total. The molecule has 1 rings (SSSR count). The molecule has 1 heterocycles. The van der Waals surface area contributed by atoms with E-state index in [1.165, 1.54) is 38.8 Å². The lowest BCUT2D eigenvalue weighted by atomic mass is 10.1. The van der Waals surface area contributed by atoms with Gasteiger partial charge in [0.1, 0.15) is 0 Å². The first-order valence-electron chi connectivity index (χ1n) is 6.59. The van der Waals surface area contributed by atoms with Crippen LogP contribution < -0.4 is 0 Å². The van der Waals surface area contributed by atoms with Crippen LogP contribution in [0, 0.1) is 5.92 Å². The molecule has 0 aliphatic carbocycles. The Hall–Kier alpha value is 0.650. The maximum atomic E-state index is 5.93. The second-order valence-electron chi connectivity index (χ2n) is 5.22. The summed E-state index contributed by atoms with van der Waals surface area (Å²) in [7, 11) is 0. The average Bonchev–Trinajstić information content (AvgIpc) is 2.25. The fourth-order valence-electron chi connectivity index (χ4n) is 2.14. The van der Waals surface area contributed by atoms with Crippen molar-refractivity contribution in [1.29, 1.82) is 0 Å². The smallest absolute Gasteiger partial charge is 0.0599 e. The van der Waals surface area contributed by atoms with Gasteiger partial charge in [-0.1, -0.05) is 36.4 Å². The first kappa shape index (κ1) is 14.7. The lowest BCUT2D eigenvalue weighted by Crippen LogP contribution is -2.39. The number of piperidine rings is 1. The summed E-state index contributed by atoms with van der Waals surface area (Å²) < 4.78 is 6.60. The van der Waals surface area contributed by atoms with E-state index in [2.05, 4.69) is 48.3 Å². The van der Waals surface area contributed by atoms with Crippen molar-refractivity contribution in [2.45, 2.75) is 56.6 Å². The van der Waals surface area contributed by atoms with E-state index in [1.807, 2.05) is 0 Å². The Kier molecular flexibility index (Phi) is 7.24. The third-order valence-corrected chi connectivity index (χ3v) is 4.05. The van der Waals surface area contributed by atoms with Crippen LogP contribution in [-0.4, -0.2) is 34.7 Å². The summed E-state index contributed by atoms with van der Waals surface area (Å²) in [6.07, 6.45) is 5.48. The van der Waals surface area contributed by atoms with E-state index >= 15 is 0 Å². The molecule has 0 bridgehead atoms. The quantitative estimate of drug-likeness (QED) is 0.317. The van der Waals surface area contributed by atoms with Crippen LogP contribution in [0.25, 0.3) is 0 Å². The standard InChI is InChI=1S/C13H26INO/c1-11(2)5-4-10-16-13-6-8-15(9-7-13)12(3)14/h11-13H,4-10H2,1-3H3. The number of halogens is 1. The normalized spacial score (nSPS) is 21.6. The van der Waals surface area contributed by atoms with Crippen LogP contribution in [0.1, 0.15) is 46.5 Å². The third kappa shape index (κ3) is 5.82. The van der Waals surface area contributed by atoms with Crippen molar-refractivity contribution >= 4 is 22.6 Å². The molecule has 0 radical (unpaired) electrons. The minimum absolute atomic E-state index is 0.526. The fourth-order valence-corrected chi connectivity index (χ4v) is 2.70. The molecule has 1 aliphatic heterocycles. The molecule has 0 aromatic carbocycles. The molecule has 1 aliphatic rings. The van der Waals surface area contributed by atoms with E-state index in [-0.39, 0.29) is 0 Å². The summed E-state index contributed by atoms with van der Waals surface area (Å²) in [5.41, 5.74) is 0. The molecule has 0 spiro atoms.